The van der Waals surface area contributed by atoms with Crippen molar-refractivity contribution in [2.24, 2.45) is 0 Å². The zero-order chi connectivity index (χ0) is 23.3. The van der Waals surface area contributed by atoms with E-state index in [0.29, 0.717) is 37.6 Å². The molecule has 0 unspecified atom stereocenters. The van der Waals surface area contributed by atoms with E-state index in [9.17, 15) is 17.6 Å². The van der Waals surface area contributed by atoms with E-state index in [1.54, 1.807) is 12.1 Å². The number of hydrogen-bond acceptors (Lipinski definition) is 4. The van der Waals surface area contributed by atoms with Gasteiger partial charge in [-0.1, -0.05) is 24.3 Å². The lowest BCUT2D eigenvalue weighted by molar-refractivity contribution is 0.0951. The average Bonchev–Trinajstić information content (AvgIpc) is 3.39. The lowest BCUT2D eigenvalue weighted by Crippen LogP contribution is -2.28. The van der Waals surface area contributed by atoms with Crippen LogP contribution in [0.15, 0.2) is 77.7 Å². The van der Waals surface area contributed by atoms with Gasteiger partial charge in [0, 0.05) is 25.2 Å². The third-order valence-corrected chi connectivity index (χ3v) is 7.43. The minimum atomic E-state index is -3.49. The predicted octanol–water partition coefficient (Wildman–Crippen LogP) is 4.12. The molecule has 0 aromatic heterocycles. The van der Waals surface area contributed by atoms with Gasteiger partial charge in [0.15, 0.2) is 0 Å². The van der Waals surface area contributed by atoms with Gasteiger partial charge in [-0.05, 0) is 72.5 Å². The summed E-state index contributed by atoms with van der Waals surface area (Å²) in [6, 6.07) is 19.5. The summed E-state index contributed by atoms with van der Waals surface area (Å²) >= 11 is 0. The molecule has 0 spiro atoms. The van der Waals surface area contributed by atoms with Crippen molar-refractivity contribution in [1.82, 2.24) is 9.62 Å². The van der Waals surface area contributed by atoms with Crippen LogP contribution >= 0.6 is 0 Å². The highest BCUT2D eigenvalue weighted by atomic mass is 32.2. The number of amides is 1. The lowest BCUT2D eigenvalue weighted by atomic mass is 10.2. The summed E-state index contributed by atoms with van der Waals surface area (Å²) in [7, 11) is -3.49. The molecular weight excluding hydrogens is 443 g/mol. The van der Waals surface area contributed by atoms with Crippen LogP contribution in [0.2, 0.25) is 0 Å². The van der Waals surface area contributed by atoms with Crippen molar-refractivity contribution in [3.8, 4) is 5.75 Å². The van der Waals surface area contributed by atoms with Crippen LogP contribution in [0.3, 0.4) is 0 Å². The van der Waals surface area contributed by atoms with Crippen molar-refractivity contribution >= 4 is 15.9 Å². The molecule has 1 amide bonds. The highest BCUT2D eigenvalue weighted by Gasteiger charge is 2.27. The maximum atomic E-state index is 13.0. The number of nitrogens with zero attached hydrogens (tertiary/aromatic N) is 1. The van der Waals surface area contributed by atoms with Gasteiger partial charge in [-0.2, -0.15) is 4.31 Å². The summed E-state index contributed by atoms with van der Waals surface area (Å²) in [4.78, 5) is 12.7. The molecule has 1 saturated heterocycles. The number of ether oxygens (including phenoxy) is 1. The zero-order valence-corrected chi connectivity index (χ0v) is 18.9. The first-order chi connectivity index (χ1) is 15.9. The normalized spacial score (nSPS) is 14.2. The number of carbonyl (C=O) groups excluding carboxylic acids is 1. The van der Waals surface area contributed by atoms with E-state index in [-0.39, 0.29) is 16.6 Å². The molecule has 3 aromatic rings. The van der Waals surface area contributed by atoms with Crippen LogP contribution in [-0.4, -0.2) is 31.7 Å². The monoisotopic (exact) mass is 468 g/mol. The van der Waals surface area contributed by atoms with Crippen molar-refractivity contribution in [3.05, 3.63) is 95.3 Å². The van der Waals surface area contributed by atoms with Crippen LogP contribution < -0.4 is 10.1 Å². The highest BCUT2D eigenvalue weighted by Crippen LogP contribution is 2.21. The fraction of sp³-hybridized carbons (Fsp3) is 0.240. The molecule has 172 valence electrons. The lowest BCUT2D eigenvalue weighted by Gasteiger charge is -2.15. The summed E-state index contributed by atoms with van der Waals surface area (Å²) in [5, 5.41) is 2.84. The number of rotatable bonds is 8. The summed E-state index contributed by atoms with van der Waals surface area (Å²) in [6.07, 6.45) is 1.75. The Kier molecular flexibility index (Phi) is 7.05. The molecule has 0 atom stereocenters. The fourth-order valence-corrected chi connectivity index (χ4v) is 5.11. The Morgan fingerprint density at radius 2 is 1.48 bits per heavy atom. The number of sulfonamides is 1. The van der Waals surface area contributed by atoms with E-state index in [1.165, 1.54) is 40.7 Å². The van der Waals surface area contributed by atoms with E-state index in [1.807, 2.05) is 24.3 Å². The fourth-order valence-electron chi connectivity index (χ4n) is 3.59. The average molecular weight is 469 g/mol. The van der Waals surface area contributed by atoms with Crippen LogP contribution in [0, 0.1) is 5.82 Å². The largest absolute Gasteiger partial charge is 0.489 e. The van der Waals surface area contributed by atoms with Crippen molar-refractivity contribution in [3.63, 3.8) is 0 Å². The molecule has 0 radical (unpaired) electrons. The van der Waals surface area contributed by atoms with Crippen molar-refractivity contribution in [2.45, 2.75) is 30.9 Å². The third-order valence-electron chi connectivity index (χ3n) is 5.51. The Bertz CT molecular complexity index is 1190. The van der Waals surface area contributed by atoms with Gasteiger partial charge in [0.05, 0.1) is 4.90 Å². The molecule has 1 N–H and O–H groups in total. The Hall–Kier alpha value is -3.23. The molecule has 4 rings (SSSR count). The molecule has 1 fully saturated rings. The molecule has 8 heteroatoms. The second-order valence-electron chi connectivity index (χ2n) is 7.88. The van der Waals surface area contributed by atoms with Crippen LogP contribution in [0.25, 0.3) is 0 Å². The SMILES string of the molecule is O=C(NCc1ccc(OCc2ccc(F)cc2)cc1)c1ccc(S(=O)(=O)N2CCCC2)cc1. The van der Waals surface area contributed by atoms with Gasteiger partial charge < -0.3 is 10.1 Å². The Balaban J connectivity index is 1.29. The van der Waals surface area contributed by atoms with Gasteiger partial charge in [0.25, 0.3) is 5.91 Å². The molecule has 3 aromatic carbocycles. The van der Waals surface area contributed by atoms with E-state index in [0.717, 1.165) is 24.0 Å². The number of carbonyl (C=O) groups is 1. The number of benzene rings is 3. The maximum absolute atomic E-state index is 13.0. The molecule has 1 aliphatic rings. The second-order valence-corrected chi connectivity index (χ2v) is 9.82. The second kappa shape index (κ2) is 10.1. The molecule has 1 heterocycles. The van der Waals surface area contributed by atoms with E-state index in [4.69, 9.17) is 4.74 Å². The van der Waals surface area contributed by atoms with Gasteiger partial charge in [0.2, 0.25) is 10.0 Å². The van der Waals surface area contributed by atoms with E-state index in [2.05, 4.69) is 5.32 Å². The minimum Gasteiger partial charge on any atom is -0.489 e. The number of nitrogens with one attached hydrogen (secondary N) is 1. The van der Waals surface area contributed by atoms with Crippen LogP contribution in [-0.2, 0) is 23.2 Å². The number of hydrogen-bond donors (Lipinski definition) is 1. The Morgan fingerprint density at radius 1 is 0.879 bits per heavy atom. The highest BCUT2D eigenvalue weighted by molar-refractivity contribution is 7.89. The van der Waals surface area contributed by atoms with Gasteiger partial charge in [-0.3, -0.25) is 4.79 Å². The Morgan fingerprint density at radius 3 is 2.12 bits per heavy atom. The first-order valence-corrected chi connectivity index (χ1v) is 12.2. The summed E-state index contributed by atoms with van der Waals surface area (Å²) in [6.45, 7) is 1.74. The van der Waals surface area contributed by atoms with Gasteiger partial charge in [-0.15, -0.1) is 0 Å². The zero-order valence-electron chi connectivity index (χ0n) is 18.0. The van der Waals surface area contributed by atoms with Crippen LogP contribution in [0.4, 0.5) is 4.39 Å². The van der Waals surface area contributed by atoms with Gasteiger partial charge in [0.1, 0.15) is 18.2 Å². The predicted molar refractivity (Wildman–Crippen MR) is 123 cm³/mol. The van der Waals surface area contributed by atoms with Crippen molar-refractivity contribution in [1.29, 1.82) is 0 Å². The standard InChI is InChI=1S/C25H25FN2O4S/c26-22-9-3-20(4-10-22)18-32-23-11-5-19(6-12-23)17-27-25(29)21-7-13-24(14-8-21)33(30,31)28-15-1-2-16-28/h3-14H,1-2,15-18H2,(H,27,29). The Labute approximate surface area is 193 Å². The van der Waals surface area contributed by atoms with Gasteiger partial charge >= 0.3 is 0 Å². The molecule has 6 nitrogen and oxygen atoms in total. The van der Waals surface area contributed by atoms with Crippen molar-refractivity contribution in [2.75, 3.05) is 13.1 Å². The molecule has 1 aliphatic heterocycles. The molecule has 0 saturated carbocycles. The van der Waals surface area contributed by atoms with Crippen LogP contribution in [0.5, 0.6) is 5.75 Å². The van der Waals surface area contributed by atoms with Gasteiger partial charge in [-0.25, -0.2) is 12.8 Å². The minimum absolute atomic E-state index is 0.206. The molecule has 33 heavy (non-hydrogen) atoms. The first kappa shape index (κ1) is 22.9. The molecule has 0 bridgehead atoms. The topological polar surface area (TPSA) is 75.7 Å². The quantitative estimate of drug-likeness (QED) is 0.540. The molecular formula is C25H25FN2O4S. The maximum Gasteiger partial charge on any atom is 0.251 e. The van der Waals surface area contributed by atoms with Crippen LogP contribution in [0.1, 0.15) is 34.3 Å². The molecule has 0 aliphatic carbocycles. The summed E-state index contributed by atoms with van der Waals surface area (Å²) in [5.41, 5.74) is 2.16. The smallest absolute Gasteiger partial charge is 0.251 e. The first-order valence-electron chi connectivity index (χ1n) is 10.8. The van der Waals surface area contributed by atoms with Crippen molar-refractivity contribution < 1.29 is 22.3 Å². The van der Waals surface area contributed by atoms with E-state index >= 15 is 0 Å². The third kappa shape index (κ3) is 5.77. The van der Waals surface area contributed by atoms with E-state index < -0.39 is 10.0 Å². The number of halogens is 1. The summed E-state index contributed by atoms with van der Waals surface area (Å²) in [5.74, 6) is 0.106. The summed E-state index contributed by atoms with van der Waals surface area (Å²) < 4.78 is 45.3.